The van der Waals surface area contributed by atoms with Crippen molar-refractivity contribution in [3.8, 4) is 0 Å². The van der Waals surface area contributed by atoms with Gasteiger partial charge < -0.3 is 10.4 Å². The Balaban J connectivity index is 2.17. The van der Waals surface area contributed by atoms with Crippen LogP contribution in [0.4, 0.5) is 0 Å². The molecule has 0 saturated carbocycles. The van der Waals surface area contributed by atoms with E-state index in [4.69, 9.17) is 5.11 Å². The van der Waals surface area contributed by atoms with Crippen LogP contribution in [0, 0.1) is 5.92 Å². The average Bonchev–Trinajstić information content (AvgIpc) is 2.63. The molecule has 1 saturated heterocycles. The molecule has 1 aliphatic rings. The zero-order valence-corrected chi connectivity index (χ0v) is 8.55. The molecule has 1 heterocycles. The maximum absolute atomic E-state index is 11.0. The number of carbonyl (C=O) groups is 2. The first-order chi connectivity index (χ1) is 6.68. The van der Waals surface area contributed by atoms with E-state index in [-0.39, 0.29) is 5.91 Å². The van der Waals surface area contributed by atoms with Crippen LogP contribution in [0.1, 0.15) is 6.42 Å². The van der Waals surface area contributed by atoms with Gasteiger partial charge in [0.1, 0.15) is 0 Å². The number of amides is 1. The molecule has 1 fully saturated rings. The van der Waals surface area contributed by atoms with Crippen LogP contribution in [0.3, 0.4) is 0 Å². The van der Waals surface area contributed by atoms with Crippen molar-refractivity contribution in [2.45, 2.75) is 6.42 Å². The summed E-state index contributed by atoms with van der Waals surface area (Å²) in [4.78, 5) is 21.1. The fourth-order valence-corrected chi connectivity index (χ4v) is 2.48. The van der Waals surface area contributed by atoms with Crippen LogP contribution in [0.5, 0.6) is 0 Å². The lowest BCUT2D eigenvalue weighted by Gasteiger charge is -2.07. The summed E-state index contributed by atoms with van der Waals surface area (Å²) in [6.45, 7) is 0.649. The number of nitrogens with one attached hydrogen (secondary N) is 1. The highest BCUT2D eigenvalue weighted by Crippen LogP contribution is 2.22. The quantitative estimate of drug-likeness (QED) is 0.670. The molecule has 1 atom stereocenters. The number of thioether (sulfide) groups is 1. The van der Waals surface area contributed by atoms with E-state index < -0.39 is 5.97 Å². The molecule has 0 aromatic heterocycles. The lowest BCUT2D eigenvalue weighted by Crippen LogP contribution is -2.27. The van der Waals surface area contributed by atoms with Gasteiger partial charge in [0.2, 0.25) is 5.91 Å². The standard InChI is InChI=1S/C9H13NO3S/c11-8(1-2-9(12)13)10-5-7-3-4-14-6-7/h1-2,7H,3-6H2,(H,10,11)(H,12,13)/b2-1+. The van der Waals surface area contributed by atoms with E-state index >= 15 is 0 Å². The number of hydrogen-bond acceptors (Lipinski definition) is 3. The number of hydrogen-bond donors (Lipinski definition) is 2. The zero-order valence-electron chi connectivity index (χ0n) is 7.73. The lowest BCUT2D eigenvalue weighted by atomic mass is 10.1. The number of aliphatic carboxylic acids is 1. The summed E-state index contributed by atoms with van der Waals surface area (Å²) < 4.78 is 0. The molecular formula is C9H13NO3S. The summed E-state index contributed by atoms with van der Waals surface area (Å²) in [5, 5.41) is 10.9. The van der Waals surface area contributed by atoms with Crippen molar-refractivity contribution in [3.05, 3.63) is 12.2 Å². The van der Waals surface area contributed by atoms with Gasteiger partial charge in [-0.2, -0.15) is 11.8 Å². The highest BCUT2D eigenvalue weighted by molar-refractivity contribution is 7.99. The van der Waals surface area contributed by atoms with Gasteiger partial charge in [-0.25, -0.2) is 4.79 Å². The predicted octanol–water partition coefficient (Wildman–Crippen LogP) is 0.496. The second-order valence-electron chi connectivity index (χ2n) is 3.15. The second kappa shape index (κ2) is 5.70. The van der Waals surface area contributed by atoms with Gasteiger partial charge >= 0.3 is 5.97 Å². The van der Waals surface area contributed by atoms with Gasteiger partial charge in [-0.15, -0.1) is 0 Å². The van der Waals surface area contributed by atoms with Crippen molar-refractivity contribution in [1.29, 1.82) is 0 Å². The third-order valence-electron chi connectivity index (χ3n) is 1.97. The molecule has 1 aliphatic heterocycles. The first-order valence-electron chi connectivity index (χ1n) is 4.45. The molecule has 1 rings (SSSR count). The molecule has 1 unspecified atom stereocenters. The van der Waals surface area contributed by atoms with Crippen LogP contribution in [0.2, 0.25) is 0 Å². The topological polar surface area (TPSA) is 66.4 Å². The minimum atomic E-state index is -1.10. The number of carboxylic acids is 1. The van der Waals surface area contributed by atoms with E-state index in [0.717, 1.165) is 30.1 Å². The smallest absolute Gasteiger partial charge is 0.328 e. The minimum absolute atomic E-state index is 0.329. The van der Waals surface area contributed by atoms with Crippen molar-refractivity contribution < 1.29 is 14.7 Å². The van der Waals surface area contributed by atoms with Gasteiger partial charge in [0.15, 0.2) is 0 Å². The van der Waals surface area contributed by atoms with E-state index in [1.165, 1.54) is 0 Å². The summed E-state index contributed by atoms with van der Waals surface area (Å²) in [5.41, 5.74) is 0. The summed E-state index contributed by atoms with van der Waals surface area (Å²) in [6, 6.07) is 0. The Labute approximate surface area is 86.8 Å². The van der Waals surface area contributed by atoms with Gasteiger partial charge in [-0.1, -0.05) is 0 Å². The third-order valence-corrected chi connectivity index (χ3v) is 3.20. The summed E-state index contributed by atoms with van der Waals surface area (Å²) in [7, 11) is 0. The molecule has 0 spiro atoms. The van der Waals surface area contributed by atoms with Crippen molar-refractivity contribution in [3.63, 3.8) is 0 Å². The Morgan fingerprint density at radius 3 is 2.86 bits per heavy atom. The highest BCUT2D eigenvalue weighted by atomic mass is 32.2. The van der Waals surface area contributed by atoms with E-state index in [2.05, 4.69) is 5.32 Å². The van der Waals surface area contributed by atoms with Crippen LogP contribution < -0.4 is 5.32 Å². The Kier molecular flexibility index (Phi) is 4.52. The summed E-state index contributed by atoms with van der Waals surface area (Å²) in [6.07, 6.45) is 3.02. The average molecular weight is 215 g/mol. The molecule has 0 aliphatic carbocycles. The highest BCUT2D eigenvalue weighted by Gasteiger charge is 2.15. The minimum Gasteiger partial charge on any atom is -0.478 e. The van der Waals surface area contributed by atoms with E-state index in [1.54, 1.807) is 0 Å². The SMILES string of the molecule is O=C(O)/C=C/C(=O)NCC1CCSC1. The largest absolute Gasteiger partial charge is 0.478 e. The molecule has 1 amide bonds. The van der Waals surface area contributed by atoms with Crippen molar-refractivity contribution in [1.82, 2.24) is 5.32 Å². The first-order valence-corrected chi connectivity index (χ1v) is 5.60. The molecule has 4 nitrogen and oxygen atoms in total. The third kappa shape index (κ3) is 4.32. The second-order valence-corrected chi connectivity index (χ2v) is 4.30. The zero-order chi connectivity index (χ0) is 10.4. The van der Waals surface area contributed by atoms with Gasteiger partial charge in [0.25, 0.3) is 0 Å². The van der Waals surface area contributed by atoms with Crippen LogP contribution in [0.15, 0.2) is 12.2 Å². The molecule has 78 valence electrons. The Bertz CT molecular complexity index is 246. The molecule has 0 radical (unpaired) electrons. The molecule has 0 bridgehead atoms. The Hall–Kier alpha value is -0.970. The Morgan fingerprint density at radius 2 is 2.29 bits per heavy atom. The molecular weight excluding hydrogens is 202 g/mol. The van der Waals surface area contributed by atoms with E-state index in [1.807, 2.05) is 11.8 Å². The van der Waals surface area contributed by atoms with Gasteiger partial charge in [0, 0.05) is 18.7 Å². The Morgan fingerprint density at radius 1 is 1.50 bits per heavy atom. The maximum Gasteiger partial charge on any atom is 0.328 e. The summed E-state index contributed by atoms with van der Waals surface area (Å²) >= 11 is 1.89. The first kappa shape index (κ1) is 11.1. The molecule has 2 N–H and O–H groups in total. The number of rotatable bonds is 4. The summed E-state index contributed by atoms with van der Waals surface area (Å²) in [5.74, 6) is 1.36. The van der Waals surface area contributed by atoms with Gasteiger partial charge in [-0.3, -0.25) is 4.79 Å². The molecule has 0 aromatic carbocycles. The van der Waals surface area contributed by atoms with Crippen LogP contribution in [-0.4, -0.2) is 35.0 Å². The van der Waals surface area contributed by atoms with Crippen LogP contribution in [-0.2, 0) is 9.59 Å². The van der Waals surface area contributed by atoms with Crippen molar-refractivity contribution in [2.24, 2.45) is 5.92 Å². The molecule has 0 aromatic rings. The van der Waals surface area contributed by atoms with Crippen LogP contribution >= 0.6 is 11.8 Å². The van der Waals surface area contributed by atoms with E-state index in [9.17, 15) is 9.59 Å². The van der Waals surface area contributed by atoms with Gasteiger partial charge in [0.05, 0.1) is 0 Å². The maximum atomic E-state index is 11.0. The van der Waals surface area contributed by atoms with Crippen molar-refractivity contribution in [2.75, 3.05) is 18.1 Å². The molecule has 14 heavy (non-hydrogen) atoms. The van der Waals surface area contributed by atoms with Crippen molar-refractivity contribution >= 4 is 23.6 Å². The fourth-order valence-electron chi connectivity index (χ4n) is 1.20. The number of carbonyl (C=O) groups excluding carboxylic acids is 1. The van der Waals surface area contributed by atoms with Crippen LogP contribution in [0.25, 0.3) is 0 Å². The lowest BCUT2D eigenvalue weighted by molar-refractivity contribution is -0.131. The van der Waals surface area contributed by atoms with E-state index in [0.29, 0.717) is 12.5 Å². The fraction of sp³-hybridized carbons (Fsp3) is 0.556. The monoisotopic (exact) mass is 215 g/mol. The molecule has 5 heteroatoms. The van der Waals surface area contributed by atoms with Gasteiger partial charge in [-0.05, 0) is 23.8 Å². The normalized spacial score (nSPS) is 21.3. The number of carboxylic acid groups (broad SMARTS) is 1. The predicted molar refractivity (Wildman–Crippen MR) is 55.2 cm³/mol.